The van der Waals surface area contributed by atoms with Crippen LogP contribution in [0.4, 0.5) is 5.13 Å². The van der Waals surface area contributed by atoms with Crippen molar-refractivity contribution in [2.75, 3.05) is 18.5 Å². The van der Waals surface area contributed by atoms with Crippen molar-refractivity contribution in [1.82, 2.24) is 4.98 Å². The van der Waals surface area contributed by atoms with Gasteiger partial charge in [0.1, 0.15) is 17.1 Å². The van der Waals surface area contributed by atoms with Crippen LogP contribution in [-0.2, 0) is 9.53 Å². The highest BCUT2D eigenvalue weighted by Gasteiger charge is 2.21. The van der Waals surface area contributed by atoms with Gasteiger partial charge >= 0.3 is 5.97 Å². The van der Waals surface area contributed by atoms with Crippen molar-refractivity contribution in [2.24, 2.45) is 0 Å². The standard InChI is InChI=1S/C28H26N2O6S/c1-6-11-34-27(33)26-18(5)29-28(37-26)30-22(31)14-35-25-23(32)20-12-16(3)17(4)13-21(20)36-24(25)19-9-7-15(2)8-10-19/h6-10,12-13H,1,11,14H2,2-5H3,(H,29,30,31). The number of nitrogens with zero attached hydrogens (tertiary/aromatic N) is 1. The lowest BCUT2D eigenvalue weighted by atomic mass is 10.0. The number of rotatable bonds is 8. The van der Waals surface area contributed by atoms with Crippen molar-refractivity contribution in [2.45, 2.75) is 27.7 Å². The van der Waals surface area contributed by atoms with E-state index in [4.69, 9.17) is 13.9 Å². The normalized spacial score (nSPS) is 10.8. The minimum absolute atomic E-state index is 0.0567. The van der Waals surface area contributed by atoms with E-state index >= 15 is 0 Å². The maximum Gasteiger partial charge on any atom is 0.350 e. The van der Waals surface area contributed by atoms with E-state index in [1.807, 2.05) is 51.1 Å². The van der Waals surface area contributed by atoms with Gasteiger partial charge in [-0.15, -0.1) is 0 Å². The Bertz CT molecular complexity index is 1570. The third-order valence-corrected chi connectivity index (χ3v) is 6.74. The number of nitrogens with one attached hydrogen (secondary N) is 1. The SMILES string of the molecule is C=CCOC(=O)c1sc(NC(=O)COc2c(-c3ccc(C)cc3)oc3cc(C)c(C)cc3c2=O)nc1C. The number of ether oxygens (including phenoxy) is 2. The lowest BCUT2D eigenvalue weighted by Gasteiger charge is -2.12. The van der Waals surface area contributed by atoms with Crippen LogP contribution in [0.1, 0.15) is 32.1 Å². The molecular formula is C28H26N2O6S. The Labute approximate surface area is 217 Å². The number of carbonyl (C=O) groups is 2. The fraction of sp³-hybridized carbons (Fsp3) is 0.214. The molecule has 0 aliphatic rings. The van der Waals surface area contributed by atoms with Crippen LogP contribution in [0.15, 0.2) is 58.3 Å². The Kier molecular flexibility index (Phi) is 7.54. The summed E-state index contributed by atoms with van der Waals surface area (Å²) >= 11 is 0.990. The molecule has 0 fully saturated rings. The molecule has 0 spiro atoms. The van der Waals surface area contributed by atoms with E-state index in [1.165, 1.54) is 6.08 Å². The van der Waals surface area contributed by atoms with Crippen molar-refractivity contribution in [3.63, 3.8) is 0 Å². The number of aryl methyl sites for hydroxylation is 4. The van der Waals surface area contributed by atoms with Crippen LogP contribution in [-0.4, -0.2) is 30.1 Å². The van der Waals surface area contributed by atoms with Crippen molar-refractivity contribution < 1.29 is 23.5 Å². The van der Waals surface area contributed by atoms with Crippen molar-refractivity contribution in [3.8, 4) is 17.1 Å². The van der Waals surface area contributed by atoms with Crippen LogP contribution < -0.4 is 15.5 Å². The zero-order valence-corrected chi connectivity index (χ0v) is 21.8. The summed E-state index contributed by atoms with van der Waals surface area (Å²) in [6.45, 7) is 10.6. The number of carbonyl (C=O) groups excluding carboxylic acids is 2. The number of fused-ring (bicyclic) bond motifs is 1. The number of hydrogen-bond acceptors (Lipinski definition) is 8. The van der Waals surface area contributed by atoms with Crippen LogP contribution in [0.2, 0.25) is 0 Å². The van der Waals surface area contributed by atoms with Gasteiger partial charge in [0.15, 0.2) is 17.5 Å². The Morgan fingerprint density at radius 2 is 1.81 bits per heavy atom. The van der Waals surface area contributed by atoms with Crippen LogP contribution in [0.5, 0.6) is 5.75 Å². The van der Waals surface area contributed by atoms with Gasteiger partial charge in [-0.05, 0) is 51.0 Å². The number of hydrogen-bond donors (Lipinski definition) is 1. The molecule has 0 bridgehead atoms. The quantitative estimate of drug-likeness (QED) is 0.242. The maximum atomic E-state index is 13.4. The van der Waals surface area contributed by atoms with Gasteiger partial charge in [-0.1, -0.05) is 53.8 Å². The first-order valence-corrected chi connectivity index (χ1v) is 12.3. The lowest BCUT2D eigenvalue weighted by Crippen LogP contribution is -2.22. The number of aromatic nitrogens is 1. The summed E-state index contributed by atoms with van der Waals surface area (Å²) in [4.78, 5) is 42.8. The first kappa shape index (κ1) is 25.8. The molecule has 190 valence electrons. The van der Waals surface area contributed by atoms with Gasteiger partial charge in [0.05, 0.1) is 11.1 Å². The molecule has 0 unspecified atom stereocenters. The van der Waals surface area contributed by atoms with Crippen LogP contribution >= 0.6 is 11.3 Å². The summed E-state index contributed by atoms with van der Waals surface area (Å²) in [7, 11) is 0. The number of esters is 1. The minimum Gasteiger partial charge on any atom is -0.476 e. The summed E-state index contributed by atoms with van der Waals surface area (Å²) < 4.78 is 16.9. The smallest absolute Gasteiger partial charge is 0.350 e. The Hall–Kier alpha value is -4.24. The molecule has 0 aliphatic heterocycles. The average molecular weight is 519 g/mol. The summed E-state index contributed by atoms with van der Waals surface area (Å²) in [6, 6.07) is 11.0. The summed E-state index contributed by atoms with van der Waals surface area (Å²) in [5, 5.41) is 3.19. The van der Waals surface area contributed by atoms with Gasteiger partial charge in [-0.25, -0.2) is 9.78 Å². The van der Waals surface area contributed by atoms with Gasteiger partial charge in [-0.2, -0.15) is 0 Å². The lowest BCUT2D eigenvalue weighted by molar-refractivity contribution is -0.118. The highest BCUT2D eigenvalue weighted by molar-refractivity contribution is 7.17. The Morgan fingerprint density at radius 1 is 1.11 bits per heavy atom. The molecule has 9 heteroatoms. The molecular weight excluding hydrogens is 492 g/mol. The largest absolute Gasteiger partial charge is 0.476 e. The number of anilines is 1. The molecule has 0 saturated carbocycles. The van der Waals surface area contributed by atoms with E-state index in [0.29, 0.717) is 22.2 Å². The number of amides is 1. The van der Waals surface area contributed by atoms with E-state index in [0.717, 1.165) is 28.0 Å². The molecule has 37 heavy (non-hydrogen) atoms. The molecule has 4 rings (SSSR count). The van der Waals surface area contributed by atoms with E-state index in [2.05, 4.69) is 16.9 Å². The second-order valence-corrected chi connectivity index (χ2v) is 9.54. The van der Waals surface area contributed by atoms with E-state index < -0.39 is 18.5 Å². The summed E-state index contributed by atoms with van der Waals surface area (Å²) in [5.74, 6) is -0.910. The van der Waals surface area contributed by atoms with Crippen molar-refractivity contribution >= 4 is 39.3 Å². The fourth-order valence-electron chi connectivity index (χ4n) is 3.59. The third kappa shape index (κ3) is 5.62. The van der Waals surface area contributed by atoms with Crippen LogP contribution in [0, 0.1) is 27.7 Å². The predicted molar refractivity (Wildman–Crippen MR) is 144 cm³/mol. The zero-order valence-electron chi connectivity index (χ0n) is 21.0. The van der Waals surface area contributed by atoms with Gasteiger partial charge < -0.3 is 13.9 Å². The predicted octanol–water partition coefficient (Wildman–Crippen LogP) is 5.51. The molecule has 8 nitrogen and oxygen atoms in total. The molecule has 2 heterocycles. The molecule has 1 amide bonds. The first-order valence-electron chi connectivity index (χ1n) is 11.5. The summed E-state index contributed by atoms with van der Waals surface area (Å²) in [6.07, 6.45) is 1.46. The zero-order chi connectivity index (χ0) is 26.7. The molecule has 0 saturated heterocycles. The van der Waals surface area contributed by atoms with E-state index in [-0.39, 0.29) is 33.6 Å². The van der Waals surface area contributed by atoms with E-state index in [9.17, 15) is 14.4 Å². The molecule has 0 atom stereocenters. The first-order chi connectivity index (χ1) is 17.7. The van der Waals surface area contributed by atoms with Crippen molar-refractivity contribution in [1.29, 1.82) is 0 Å². The molecule has 1 N–H and O–H groups in total. The molecule has 4 aromatic rings. The minimum atomic E-state index is -0.548. The van der Waals surface area contributed by atoms with Crippen molar-refractivity contribution in [3.05, 3.63) is 86.5 Å². The topological polar surface area (TPSA) is 108 Å². The second kappa shape index (κ2) is 10.8. The summed E-state index contributed by atoms with van der Waals surface area (Å²) in [5.41, 5.74) is 4.12. The Balaban J connectivity index is 1.61. The van der Waals surface area contributed by atoms with Gasteiger partial charge in [0.2, 0.25) is 11.2 Å². The average Bonchev–Trinajstić information content (AvgIpc) is 3.23. The Morgan fingerprint density at radius 3 is 2.51 bits per heavy atom. The molecule has 2 aromatic carbocycles. The fourth-order valence-corrected chi connectivity index (χ4v) is 4.47. The third-order valence-electron chi connectivity index (χ3n) is 5.69. The number of benzene rings is 2. The van der Waals surface area contributed by atoms with Crippen LogP contribution in [0.25, 0.3) is 22.3 Å². The monoisotopic (exact) mass is 518 g/mol. The molecule has 2 aromatic heterocycles. The van der Waals surface area contributed by atoms with Gasteiger partial charge in [-0.3, -0.25) is 14.9 Å². The van der Waals surface area contributed by atoms with Crippen LogP contribution in [0.3, 0.4) is 0 Å². The second-order valence-electron chi connectivity index (χ2n) is 8.55. The van der Waals surface area contributed by atoms with Gasteiger partial charge in [0.25, 0.3) is 5.91 Å². The molecule has 0 aliphatic carbocycles. The number of thiazole rings is 1. The van der Waals surface area contributed by atoms with Gasteiger partial charge in [0, 0.05) is 5.56 Å². The van der Waals surface area contributed by atoms with E-state index in [1.54, 1.807) is 13.0 Å². The maximum absolute atomic E-state index is 13.4. The highest BCUT2D eigenvalue weighted by atomic mass is 32.1. The highest BCUT2D eigenvalue weighted by Crippen LogP contribution is 2.32. The molecule has 0 radical (unpaired) electrons.